The number of fused-ring (bicyclic) bond motifs is 4. The number of aromatic nitrogens is 4. The van der Waals surface area contributed by atoms with E-state index in [0.717, 1.165) is 63.7 Å². The van der Waals surface area contributed by atoms with Crippen LogP contribution in [-0.2, 0) is 19.6 Å². The highest BCUT2D eigenvalue weighted by Gasteiger charge is 2.44. The van der Waals surface area contributed by atoms with Crippen molar-refractivity contribution in [2.75, 3.05) is 35.7 Å². The summed E-state index contributed by atoms with van der Waals surface area (Å²) in [5, 5.41) is 26.0. The van der Waals surface area contributed by atoms with E-state index in [1.165, 1.54) is 4.57 Å². The van der Waals surface area contributed by atoms with Gasteiger partial charge in [0.15, 0.2) is 0 Å². The van der Waals surface area contributed by atoms with E-state index in [-0.39, 0.29) is 54.1 Å². The van der Waals surface area contributed by atoms with Crippen LogP contribution in [0.3, 0.4) is 0 Å². The first-order valence-corrected chi connectivity index (χ1v) is 23.9. The average Bonchev–Trinajstić information content (AvgIpc) is 3.92. The highest BCUT2D eigenvalue weighted by Crippen LogP contribution is 2.48. The first-order valence-electron chi connectivity index (χ1n) is 22.0. The molecule has 64 heavy (non-hydrogen) atoms. The number of aromatic amines is 1. The Morgan fingerprint density at radius 3 is 2.17 bits per heavy atom. The van der Waals surface area contributed by atoms with Crippen LogP contribution in [0.1, 0.15) is 80.8 Å². The van der Waals surface area contributed by atoms with Gasteiger partial charge < -0.3 is 9.64 Å². The van der Waals surface area contributed by atoms with E-state index in [1.54, 1.807) is 9.42 Å². The zero-order chi connectivity index (χ0) is 45.4. The van der Waals surface area contributed by atoms with Gasteiger partial charge >= 0.3 is 11.9 Å². The third-order valence-electron chi connectivity index (χ3n) is 13.0. The Bertz CT molecular complexity index is 2790. The van der Waals surface area contributed by atoms with Crippen molar-refractivity contribution in [1.82, 2.24) is 19.4 Å². The summed E-state index contributed by atoms with van der Waals surface area (Å²) in [5.41, 5.74) is 8.20. The molecule has 15 heteroatoms. The van der Waals surface area contributed by atoms with Crippen molar-refractivity contribution in [1.29, 1.82) is 5.26 Å². The first-order chi connectivity index (χ1) is 30.7. The Balaban J connectivity index is 1.32. The maximum absolute atomic E-state index is 14.8. The fourth-order valence-corrected chi connectivity index (χ4v) is 10.7. The fourth-order valence-electron chi connectivity index (χ4n) is 10.2. The molecule has 3 N–H and O–H groups in total. The van der Waals surface area contributed by atoms with E-state index in [1.807, 2.05) is 87.5 Å². The molecule has 0 radical (unpaired) electrons. The van der Waals surface area contributed by atoms with E-state index >= 15 is 0 Å². The number of imidazole rings is 1. The van der Waals surface area contributed by atoms with Crippen molar-refractivity contribution in [3.63, 3.8) is 0 Å². The van der Waals surface area contributed by atoms with Gasteiger partial charge in [-0.25, -0.2) is 38.1 Å². The van der Waals surface area contributed by atoms with Crippen LogP contribution in [0.15, 0.2) is 91.0 Å². The maximum atomic E-state index is 14.8. The van der Waals surface area contributed by atoms with Crippen LogP contribution in [0.4, 0.5) is 22.0 Å². The van der Waals surface area contributed by atoms with Crippen molar-refractivity contribution in [2.45, 2.75) is 79.1 Å². The lowest BCUT2D eigenvalue weighted by molar-refractivity contribution is -0.563. The molecule has 1 fully saturated rings. The standard InChI is InChI=1S/C49H56N8O6S/c1-8-54(24-23-51-64(7,60)61)35-21-22-42(32(4)27-35)55(44(63-59)28-41-39-19-13-11-17-37(39)38-18-12-14-20-40(38)41)47-43(29-50)56(49(58)62-45-33(5)25-30(2)26-34(45)6)48-52-46(53-57(47)48)36-16-10-9-15-31(36)3/h9-22,27,30,33-34,41,44-45,51,59H,8,23-26,28H2,1-7H3/p+1. The summed E-state index contributed by atoms with van der Waals surface area (Å²) in [7, 11) is -3.38. The summed E-state index contributed by atoms with van der Waals surface area (Å²) < 4.78 is 35.6. The minimum atomic E-state index is -3.38. The van der Waals surface area contributed by atoms with Crippen LogP contribution in [0.25, 0.3) is 28.3 Å². The van der Waals surface area contributed by atoms with Gasteiger partial charge in [0.1, 0.15) is 12.2 Å². The van der Waals surface area contributed by atoms with Gasteiger partial charge in [0, 0.05) is 43.2 Å². The van der Waals surface area contributed by atoms with Crippen LogP contribution in [0.2, 0.25) is 0 Å². The monoisotopic (exact) mass is 885 g/mol. The Hall–Kier alpha value is -6.05. The molecule has 2 aliphatic carbocycles. The molecule has 8 rings (SSSR count). The number of carbonyl (C=O) groups is 1. The van der Waals surface area contributed by atoms with E-state index in [4.69, 9.17) is 14.6 Å². The number of sulfonamides is 1. The molecule has 334 valence electrons. The van der Waals surface area contributed by atoms with Crippen LogP contribution < -0.4 is 19.0 Å². The Morgan fingerprint density at radius 1 is 0.969 bits per heavy atom. The summed E-state index contributed by atoms with van der Waals surface area (Å²) >= 11 is 0. The molecular weight excluding hydrogens is 829 g/mol. The molecular formula is C49H57N8O6S+. The van der Waals surface area contributed by atoms with Crippen LogP contribution in [-0.4, -0.2) is 72.6 Å². The zero-order valence-corrected chi connectivity index (χ0v) is 38.3. The predicted molar refractivity (Wildman–Crippen MR) is 247 cm³/mol. The van der Waals surface area contributed by atoms with E-state index in [9.17, 15) is 23.7 Å². The molecule has 0 bridgehead atoms. The van der Waals surface area contributed by atoms with Gasteiger partial charge in [-0.3, -0.25) is 0 Å². The summed E-state index contributed by atoms with van der Waals surface area (Å²) in [6, 6.07) is 32.3. The van der Waals surface area contributed by atoms with Gasteiger partial charge in [0.05, 0.1) is 11.9 Å². The second-order valence-electron chi connectivity index (χ2n) is 17.6. The van der Waals surface area contributed by atoms with Crippen LogP contribution in [0, 0.1) is 42.9 Å². The average molecular weight is 886 g/mol. The summed E-state index contributed by atoms with van der Waals surface area (Å²) in [6.07, 6.45) is 0.948. The number of rotatable bonds is 14. The lowest BCUT2D eigenvalue weighted by Gasteiger charge is -2.36. The third-order valence-corrected chi connectivity index (χ3v) is 13.8. The molecule has 0 amide bonds. The molecule has 2 aromatic heterocycles. The fraction of sp³-hybridized carbons (Fsp3) is 0.388. The smallest absolute Gasteiger partial charge is 0.436 e. The predicted octanol–water partition coefficient (Wildman–Crippen LogP) is 8.69. The van der Waals surface area contributed by atoms with Gasteiger partial charge in [-0.15, -0.1) is 9.08 Å². The molecule has 3 atom stereocenters. The van der Waals surface area contributed by atoms with Crippen molar-refractivity contribution in [3.05, 3.63) is 119 Å². The lowest BCUT2D eigenvalue weighted by Crippen LogP contribution is -2.41. The van der Waals surface area contributed by atoms with E-state index in [2.05, 4.69) is 65.8 Å². The number of hydrogen-bond acceptors (Lipinski definition) is 10. The Kier molecular flexibility index (Phi) is 12.7. The second kappa shape index (κ2) is 18.2. The number of nitrogens with one attached hydrogen (secondary N) is 2. The van der Waals surface area contributed by atoms with Gasteiger partial charge in [-0.2, -0.15) is 5.26 Å². The second-order valence-corrected chi connectivity index (χ2v) is 19.5. The topological polar surface area (TPSA) is 170 Å². The molecule has 0 spiro atoms. The van der Waals surface area contributed by atoms with Gasteiger partial charge in [-0.05, 0) is 109 Å². The summed E-state index contributed by atoms with van der Waals surface area (Å²) in [4.78, 5) is 29.2. The number of nitriles is 1. The minimum absolute atomic E-state index is 0.0654. The number of anilines is 3. The van der Waals surface area contributed by atoms with Gasteiger partial charge in [0.25, 0.3) is 5.82 Å². The highest BCUT2D eigenvalue weighted by atomic mass is 32.2. The molecule has 3 unspecified atom stereocenters. The highest BCUT2D eigenvalue weighted by molar-refractivity contribution is 7.88. The summed E-state index contributed by atoms with van der Waals surface area (Å²) in [5.74, 6) is 1.26. The SMILES string of the molecule is CCN(CCNS(C)(=O)=O)c1ccc(N(c2c(C#N)n(C(=O)OC3C(C)CC(C)CC3C)c3nc(-c4ccccc4C)[nH][n+]23)C(CC2c3ccccc3-c3ccccc32)OO)c(C)c1. The minimum Gasteiger partial charge on any atom is -0.436 e. The molecule has 0 saturated heterocycles. The molecule has 0 aliphatic heterocycles. The van der Waals surface area contributed by atoms with Crippen LogP contribution >= 0.6 is 0 Å². The van der Waals surface area contributed by atoms with E-state index < -0.39 is 22.3 Å². The van der Waals surface area contributed by atoms with Gasteiger partial charge in [-0.1, -0.05) is 92.5 Å². The third kappa shape index (κ3) is 8.50. The largest absolute Gasteiger partial charge is 0.469 e. The first kappa shape index (κ1) is 44.6. The van der Waals surface area contributed by atoms with Crippen molar-refractivity contribution in [3.8, 4) is 28.6 Å². The van der Waals surface area contributed by atoms with Crippen LogP contribution in [0.5, 0.6) is 0 Å². The number of aryl methyl sites for hydroxylation is 2. The Morgan fingerprint density at radius 2 is 1.59 bits per heavy atom. The molecule has 2 aliphatic rings. The Labute approximate surface area is 375 Å². The molecule has 2 heterocycles. The molecule has 6 aromatic rings. The molecule has 4 aromatic carbocycles. The lowest BCUT2D eigenvalue weighted by atomic mass is 9.75. The number of H-pyrrole nitrogens is 1. The van der Waals surface area contributed by atoms with Gasteiger partial charge in [0.2, 0.25) is 27.8 Å². The molecule has 1 saturated carbocycles. The zero-order valence-electron chi connectivity index (χ0n) is 37.4. The number of benzene rings is 4. The van der Waals surface area contributed by atoms with E-state index in [0.29, 0.717) is 30.5 Å². The maximum Gasteiger partial charge on any atom is 0.469 e. The normalized spacial score (nSPS) is 18.9. The molecule has 14 nitrogen and oxygen atoms in total. The summed E-state index contributed by atoms with van der Waals surface area (Å²) in [6.45, 7) is 13.6. The number of ether oxygens (including phenoxy) is 1. The van der Waals surface area contributed by atoms with Crippen molar-refractivity contribution >= 4 is 39.1 Å². The van der Waals surface area contributed by atoms with Crippen molar-refractivity contribution in [2.24, 2.45) is 17.8 Å². The number of nitrogens with zero attached hydrogens (tertiary/aromatic N) is 6. The quantitative estimate of drug-likeness (QED) is 0.0416. The number of hydrogen-bond donors (Lipinski definition) is 3. The number of carbonyl (C=O) groups excluding carboxylic acids is 1. The van der Waals surface area contributed by atoms with Crippen molar-refractivity contribution < 1.29 is 32.6 Å². The number of likely N-dealkylation sites (N-methyl/N-ethyl adjacent to an activating group) is 1.